The zero-order valence-electron chi connectivity index (χ0n) is 19.1. The molecule has 0 aromatic heterocycles. The normalized spacial score (nSPS) is 13.1. The molecule has 0 fully saturated rings. The van der Waals surface area contributed by atoms with Gasteiger partial charge in [-0.3, -0.25) is 0 Å². The number of para-hydroxylation sites is 2. The van der Waals surface area contributed by atoms with Crippen molar-refractivity contribution in [2.24, 2.45) is 0 Å². The predicted molar refractivity (Wildman–Crippen MR) is 142 cm³/mol. The average Bonchev–Trinajstić information content (AvgIpc) is 2.99. The monoisotopic (exact) mass is 425 g/mol. The lowest BCUT2D eigenvalue weighted by Gasteiger charge is -2.27. The van der Waals surface area contributed by atoms with Crippen LogP contribution < -0.4 is 4.90 Å². The van der Waals surface area contributed by atoms with Crippen LogP contribution in [0.3, 0.4) is 0 Å². The van der Waals surface area contributed by atoms with Crippen LogP contribution >= 0.6 is 0 Å². The Labute approximate surface area is 195 Å². The maximum atomic E-state index is 2.43. The summed E-state index contributed by atoms with van der Waals surface area (Å²) in [5, 5.41) is 2.56. The van der Waals surface area contributed by atoms with Crippen molar-refractivity contribution in [1.82, 2.24) is 0 Å². The van der Waals surface area contributed by atoms with Gasteiger partial charge in [-0.05, 0) is 82.3 Å². The van der Waals surface area contributed by atoms with Crippen LogP contribution in [0.2, 0.25) is 0 Å². The van der Waals surface area contributed by atoms with Crippen molar-refractivity contribution < 1.29 is 0 Å². The van der Waals surface area contributed by atoms with E-state index < -0.39 is 0 Å². The molecule has 0 N–H and O–H groups in total. The molecule has 0 bridgehead atoms. The summed E-state index contributed by atoms with van der Waals surface area (Å²) in [5.74, 6) is 0.523. The van der Waals surface area contributed by atoms with E-state index in [0.717, 1.165) is 6.42 Å². The Morgan fingerprint density at radius 1 is 0.576 bits per heavy atom. The Bertz CT molecular complexity index is 1470. The Hall–Kier alpha value is -3.84. The molecule has 1 heterocycles. The lowest BCUT2D eigenvalue weighted by Crippen LogP contribution is -2.11. The van der Waals surface area contributed by atoms with Gasteiger partial charge in [0.2, 0.25) is 0 Å². The molecule has 1 heteroatoms. The van der Waals surface area contributed by atoms with Crippen LogP contribution in [0.4, 0.5) is 17.1 Å². The molecule has 0 saturated heterocycles. The van der Waals surface area contributed by atoms with E-state index in [0.29, 0.717) is 5.92 Å². The van der Waals surface area contributed by atoms with E-state index in [9.17, 15) is 0 Å². The molecule has 0 aliphatic carbocycles. The van der Waals surface area contributed by atoms with E-state index in [2.05, 4.69) is 128 Å². The standard InChI is InChI=1S/C32H27N/c1-3-22(2)23-17-18-32-30(19-23)29-21-25-12-8-7-11-24(25)20-28(29)27-15-9-10-16-31(27)33(32)26-13-5-4-6-14-26/h4-22H,3H2,1-2H3. The zero-order valence-corrected chi connectivity index (χ0v) is 19.1. The molecule has 0 radical (unpaired) electrons. The number of hydrogen-bond donors (Lipinski definition) is 0. The van der Waals surface area contributed by atoms with E-state index in [4.69, 9.17) is 0 Å². The lowest BCUT2D eigenvalue weighted by molar-refractivity contribution is 0.734. The first-order chi connectivity index (χ1) is 16.2. The molecule has 1 nitrogen and oxygen atoms in total. The van der Waals surface area contributed by atoms with Crippen molar-refractivity contribution in [1.29, 1.82) is 0 Å². The summed E-state index contributed by atoms with van der Waals surface area (Å²) in [6.45, 7) is 4.59. The maximum absolute atomic E-state index is 2.43. The third kappa shape index (κ3) is 3.24. The topological polar surface area (TPSA) is 3.24 Å². The Morgan fingerprint density at radius 2 is 1.18 bits per heavy atom. The van der Waals surface area contributed by atoms with Crippen molar-refractivity contribution in [3.63, 3.8) is 0 Å². The van der Waals surface area contributed by atoms with Crippen molar-refractivity contribution in [2.45, 2.75) is 26.2 Å². The average molecular weight is 426 g/mol. The van der Waals surface area contributed by atoms with Crippen LogP contribution in [0.1, 0.15) is 31.7 Å². The highest BCUT2D eigenvalue weighted by atomic mass is 15.1. The first-order valence-corrected chi connectivity index (χ1v) is 11.9. The van der Waals surface area contributed by atoms with Gasteiger partial charge in [-0.15, -0.1) is 0 Å². The third-order valence-electron chi connectivity index (χ3n) is 7.07. The highest BCUT2D eigenvalue weighted by molar-refractivity contribution is 6.06. The molecule has 1 atom stereocenters. The number of nitrogens with zero attached hydrogens (tertiary/aromatic N) is 1. The Morgan fingerprint density at radius 3 is 1.91 bits per heavy atom. The van der Waals surface area contributed by atoms with Gasteiger partial charge in [-0.1, -0.05) is 80.6 Å². The molecular weight excluding hydrogens is 398 g/mol. The van der Waals surface area contributed by atoms with Crippen LogP contribution in [-0.4, -0.2) is 0 Å². The molecule has 0 amide bonds. The predicted octanol–water partition coefficient (Wildman–Crippen LogP) is 9.47. The summed E-state index contributed by atoms with van der Waals surface area (Å²) in [6, 6.07) is 40.1. The molecule has 1 unspecified atom stereocenters. The van der Waals surface area contributed by atoms with Gasteiger partial charge in [-0.2, -0.15) is 0 Å². The zero-order chi connectivity index (χ0) is 22.4. The third-order valence-corrected chi connectivity index (χ3v) is 7.07. The minimum Gasteiger partial charge on any atom is -0.309 e. The summed E-state index contributed by atoms with van der Waals surface area (Å²) < 4.78 is 0. The highest BCUT2D eigenvalue weighted by Crippen LogP contribution is 2.51. The van der Waals surface area contributed by atoms with E-state index >= 15 is 0 Å². The summed E-state index contributed by atoms with van der Waals surface area (Å²) in [5.41, 5.74) is 10.2. The van der Waals surface area contributed by atoms with Crippen LogP contribution in [0.5, 0.6) is 0 Å². The van der Waals surface area contributed by atoms with Gasteiger partial charge in [0, 0.05) is 16.8 Å². The quantitative estimate of drug-likeness (QED) is 0.273. The van der Waals surface area contributed by atoms with Crippen LogP contribution in [0.15, 0.2) is 109 Å². The van der Waals surface area contributed by atoms with Crippen molar-refractivity contribution in [2.75, 3.05) is 4.90 Å². The van der Waals surface area contributed by atoms with Gasteiger partial charge in [0.1, 0.15) is 0 Å². The summed E-state index contributed by atoms with van der Waals surface area (Å²) >= 11 is 0. The molecule has 1 aliphatic rings. The minimum absolute atomic E-state index is 0.523. The van der Waals surface area contributed by atoms with Crippen molar-refractivity contribution in [3.05, 3.63) is 115 Å². The van der Waals surface area contributed by atoms with E-state index in [1.165, 1.54) is 55.7 Å². The van der Waals surface area contributed by atoms with Gasteiger partial charge >= 0.3 is 0 Å². The van der Waals surface area contributed by atoms with Crippen molar-refractivity contribution in [3.8, 4) is 22.3 Å². The first-order valence-electron chi connectivity index (χ1n) is 11.9. The van der Waals surface area contributed by atoms with Gasteiger partial charge in [-0.25, -0.2) is 0 Å². The largest absolute Gasteiger partial charge is 0.309 e. The second kappa shape index (κ2) is 7.94. The minimum atomic E-state index is 0.523. The fourth-order valence-electron chi connectivity index (χ4n) is 5.07. The number of benzene rings is 5. The van der Waals surface area contributed by atoms with Crippen LogP contribution in [-0.2, 0) is 0 Å². The summed E-state index contributed by atoms with van der Waals surface area (Å²) in [7, 11) is 0. The lowest BCUT2D eigenvalue weighted by atomic mass is 9.89. The number of fused-ring (bicyclic) bond motifs is 6. The molecule has 5 aromatic carbocycles. The first kappa shape index (κ1) is 19.8. The maximum Gasteiger partial charge on any atom is 0.0540 e. The molecule has 0 spiro atoms. The molecule has 33 heavy (non-hydrogen) atoms. The molecular formula is C32H27N. The van der Waals surface area contributed by atoms with Gasteiger partial charge in [0.15, 0.2) is 0 Å². The molecule has 6 rings (SSSR count). The summed E-state index contributed by atoms with van der Waals surface area (Å²) in [6.07, 6.45) is 1.13. The summed E-state index contributed by atoms with van der Waals surface area (Å²) in [4.78, 5) is 2.43. The van der Waals surface area contributed by atoms with E-state index in [-0.39, 0.29) is 0 Å². The molecule has 160 valence electrons. The smallest absolute Gasteiger partial charge is 0.0540 e. The fraction of sp³-hybridized carbons (Fsp3) is 0.125. The number of anilines is 3. The van der Waals surface area contributed by atoms with Gasteiger partial charge < -0.3 is 4.90 Å². The van der Waals surface area contributed by atoms with Gasteiger partial charge in [0.05, 0.1) is 11.4 Å². The van der Waals surface area contributed by atoms with E-state index in [1.807, 2.05) is 0 Å². The molecule has 5 aromatic rings. The van der Waals surface area contributed by atoms with Crippen LogP contribution in [0.25, 0.3) is 33.0 Å². The fourth-order valence-corrected chi connectivity index (χ4v) is 5.07. The molecule has 1 aliphatic heterocycles. The second-order valence-corrected chi connectivity index (χ2v) is 9.02. The second-order valence-electron chi connectivity index (χ2n) is 9.02. The van der Waals surface area contributed by atoms with E-state index in [1.54, 1.807) is 0 Å². The Kier molecular flexibility index (Phi) is 4.77. The van der Waals surface area contributed by atoms with Crippen molar-refractivity contribution >= 4 is 27.8 Å². The number of rotatable bonds is 3. The van der Waals surface area contributed by atoms with Crippen LogP contribution in [0, 0.1) is 0 Å². The highest BCUT2D eigenvalue weighted by Gasteiger charge is 2.26. The number of hydrogen-bond acceptors (Lipinski definition) is 1. The molecule has 0 saturated carbocycles. The SMILES string of the molecule is CCC(C)c1ccc2c(c1)-c1cc3ccccc3cc1-c1ccccc1N2c1ccccc1. The van der Waals surface area contributed by atoms with Gasteiger partial charge in [0.25, 0.3) is 0 Å². The Balaban J connectivity index is 1.75.